The van der Waals surface area contributed by atoms with E-state index in [2.05, 4.69) is 44.9 Å². The molecule has 0 aliphatic heterocycles. The van der Waals surface area contributed by atoms with Crippen LogP contribution in [0, 0.1) is 5.92 Å². The highest BCUT2D eigenvalue weighted by Crippen LogP contribution is 2.23. The molecular weight excluding hydrogens is 330 g/mol. The van der Waals surface area contributed by atoms with E-state index in [1.807, 2.05) is 6.08 Å². The van der Waals surface area contributed by atoms with Crippen molar-refractivity contribution < 1.29 is 19.3 Å². The smallest absolute Gasteiger partial charge is 0.186 e. The molecular formula is C21H37NO4. The predicted molar refractivity (Wildman–Crippen MR) is 106 cm³/mol. The van der Waals surface area contributed by atoms with Gasteiger partial charge < -0.3 is 24.2 Å². The first-order chi connectivity index (χ1) is 12.6. The number of allylic oxidation sites excluding steroid dienone is 4. The fourth-order valence-electron chi connectivity index (χ4n) is 2.69. The first kappa shape index (κ1) is 22.7. The molecule has 0 bridgehead atoms. The highest BCUT2D eigenvalue weighted by Gasteiger charge is 2.13. The largest absolute Gasteiger partial charge is 0.494 e. The van der Waals surface area contributed by atoms with Crippen LogP contribution in [0.4, 0.5) is 0 Å². The van der Waals surface area contributed by atoms with Crippen LogP contribution in [0.25, 0.3) is 0 Å². The minimum absolute atomic E-state index is 0.137. The Balaban J connectivity index is 2.35. The van der Waals surface area contributed by atoms with E-state index < -0.39 is 0 Å². The summed E-state index contributed by atoms with van der Waals surface area (Å²) in [4.78, 5) is 2.30. The van der Waals surface area contributed by atoms with Crippen LogP contribution in [-0.4, -0.2) is 56.8 Å². The van der Waals surface area contributed by atoms with Gasteiger partial charge in [0.15, 0.2) is 6.79 Å². The first-order valence-corrected chi connectivity index (χ1v) is 9.79. The summed E-state index contributed by atoms with van der Waals surface area (Å²) in [6, 6.07) is 0. The monoisotopic (exact) mass is 367 g/mol. The van der Waals surface area contributed by atoms with Crippen LogP contribution in [0.15, 0.2) is 35.3 Å². The van der Waals surface area contributed by atoms with Crippen molar-refractivity contribution in [2.45, 2.75) is 46.5 Å². The topological polar surface area (TPSA) is 51.2 Å². The zero-order valence-electron chi connectivity index (χ0n) is 17.0. The second-order valence-electron chi connectivity index (χ2n) is 6.86. The van der Waals surface area contributed by atoms with Crippen molar-refractivity contribution in [2.24, 2.45) is 5.92 Å². The van der Waals surface area contributed by atoms with Gasteiger partial charge in [-0.25, -0.2) is 0 Å². The first-order valence-electron chi connectivity index (χ1n) is 9.79. The number of ether oxygens (including phenoxy) is 3. The highest BCUT2D eigenvalue weighted by atomic mass is 16.6. The average molecular weight is 368 g/mol. The SMILES string of the molecule is CCCOCCN(C)CCCCOC1=C(\C)CC=CC(C)/C(OCO)=C\1. The van der Waals surface area contributed by atoms with E-state index in [-0.39, 0.29) is 12.7 Å². The maximum Gasteiger partial charge on any atom is 0.186 e. The molecule has 1 aliphatic carbocycles. The second-order valence-corrected chi connectivity index (χ2v) is 6.86. The molecule has 0 saturated carbocycles. The Bertz CT molecular complexity index is 471. The molecule has 0 amide bonds. The molecule has 0 aromatic rings. The zero-order chi connectivity index (χ0) is 19.2. The summed E-state index contributed by atoms with van der Waals surface area (Å²) in [6.07, 6.45) is 10.2. The molecule has 1 aliphatic rings. The molecule has 1 atom stereocenters. The average Bonchev–Trinajstić information content (AvgIpc) is 2.62. The summed E-state index contributed by atoms with van der Waals surface area (Å²) in [6.45, 7) is 10.3. The molecule has 1 rings (SSSR count). The molecule has 5 nitrogen and oxygen atoms in total. The van der Waals surface area contributed by atoms with Gasteiger partial charge in [0.25, 0.3) is 0 Å². The minimum Gasteiger partial charge on any atom is -0.494 e. The van der Waals surface area contributed by atoms with Gasteiger partial charge in [0.05, 0.1) is 13.2 Å². The molecule has 1 unspecified atom stereocenters. The number of aliphatic hydroxyl groups is 1. The van der Waals surface area contributed by atoms with Crippen molar-refractivity contribution in [3.05, 3.63) is 35.3 Å². The van der Waals surface area contributed by atoms with Gasteiger partial charge in [0.1, 0.15) is 11.5 Å². The normalized spacial score (nSPS) is 22.7. The highest BCUT2D eigenvalue weighted by molar-refractivity contribution is 5.27. The zero-order valence-corrected chi connectivity index (χ0v) is 17.0. The van der Waals surface area contributed by atoms with Crippen molar-refractivity contribution in [3.63, 3.8) is 0 Å². The van der Waals surface area contributed by atoms with E-state index in [1.165, 1.54) is 5.57 Å². The van der Waals surface area contributed by atoms with Crippen molar-refractivity contribution in [1.82, 2.24) is 4.90 Å². The van der Waals surface area contributed by atoms with Gasteiger partial charge in [0, 0.05) is 25.1 Å². The third-order valence-electron chi connectivity index (χ3n) is 4.38. The van der Waals surface area contributed by atoms with E-state index >= 15 is 0 Å². The molecule has 1 N–H and O–H groups in total. The Morgan fingerprint density at radius 3 is 2.69 bits per heavy atom. The molecule has 0 aromatic heterocycles. The number of likely N-dealkylation sites (N-methyl/N-ethyl adjacent to an activating group) is 1. The number of nitrogens with zero attached hydrogens (tertiary/aromatic N) is 1. The summed E-state index contributed by atoms with van der Waals surface area (Å²) in [7, 11) is 2.13. The van der Waals surface area contributed by atoms with Gasteiger partial charge >= 0.3 is 0 Å². The molecule has 0 aromatic carbocycles. The Morgan fingerprint density at radius 2 is 1.96 bits per heavy atom. The summed E-state index contributed by atoms with van der Waals surface area (Å²) >= 11 is 0. The van der Waals surface area contributed by atoms with Gasteiger partial charge in [-0.2, -0.15) is 0 Å². The predicted octanol–water partition coefficient (Wildman–Crippen LogP) is 3.86. The maximum absolute atomic E-state index is 9.08. The number of hydrogen-bond donors (Lipinski definition) is 1. The number of hydrogen-bond acceptors (Lipinski definition) is 5. The van der Waals surface area contributed by atoms with Crippen molar-refractivity contribution >= 4 is 0 Å². The van der Waals surface area contributed by atoms with E-state index in [4.69, 9.17) is 19.3 Å². The van der Waals surface area contributed by atoms with Crippen molar-refractivity contribution in [1.29, 1.82) is 0 Å². The van der Waals surface area contributed by atoms with Crippen LogP contribution >= 0.6 is 0 Å². The maximum atomic E-state index is 9.08. The Kier molecular flexibility index (Phi) is 12.1. The van der Waals surface area contributed by atoms with E-state index in [1.54, 1.807) is 0 Å². The van der Waals surface area contributed by atoms with Crippen LogP contribution in [0.5, 0.6) is 0 Å². The quantitative estimate of drug-likeness (QED) is 0.304. The third-order valence-corrected chi connectivity index (χ3v) is 4.38. The van der Waals surface area contributed by atoms with Crippen LogP contribution in [0.2, 0.25) is 0 Å². The second kappa shape index (κ2) is 13.8. The minimum atomic E-state index is -0.315. The Hall–Kier alpha value is -1.30. The number of aliphatic hydroxyl groups excluding tert-OH is 1. The van der Waals surface area contributed by atoms with E-state index in [9.17, 15) is 0 Å². The molecule has 0 saturated heterocycles. The lowest BCUT2D eigenvalue weighted by Gasteiger charge is -2.19. The fourth-order valence-corrected chi connectivity index (χ4v) is 2.69. The third kappa shape index (κ3) is 9.41. The lowest BCUT2D eigenvalue weighted by Crippen LogP contribution is -2.24. The fraction of sp³-hybridized carbons (Fsp3) is 0.714. The molecule has 0 radical (unpaired) electrons. The van der Waals surface area contributed by atoms with Crippen LogP contribution in [0.1, 0.15) is 46.5 Å². The summed E-state index contributed by atoms with van der Waals surface area (Å²) in [5.74, 6) is 1.74. The molecule has 5 heteroatoms. The van der Waals surface area contributed by atoms with Gasteiger partial charge in [-0.3, -0.25) is 0 Å². The summed E-state index contributed by atoms with van der Waals surface area (Å²) in [5.41, 5.74) is 1.18. The van der Waals surface area contributed by atoms with E-state index in [0.29, 0.717) is 6.61 Å². The molecule has 0 heterocycles. The summed E-state index contributed by atoms with van der Waals surface area (Å²) < 4.78 is 16.9. The Morgan fingerprint density at radius 1 is 1.15 bits per heavy atom. The molecule has 0 fully saturated rings. The number of rotatable bonds is 13. The van der Waals surface area contributed by atoms with Crippen LogP contribution in [0.3, 0.4) is 0 Å². The molecule has 26 heavy (non-hydrogen) atoms. The van der Waals surface area contributed by atoms with Gasteiger partial charge in [0.2, 0.25) is 0 Å². The summed E-state index contributed by atoms with van der Waals surface area (Å²) in [5, 5.41) is 9.08. The van der Waals surface area contributed by atoms with Crippen LogP contribution in [-0.2, 0) is 14.2 Å². The van der Waals surface area contributed by atoms with Crippen LogP contribution < -0.4 is 0 Å². The van der Waals surface area contributed by atoms with Crippen molar-refractivity contribution in [3.8, 4) is 0 Å². The molecule has 150 valence electrons. The lowest BCUT2D eigenvalue weighted by molar-refractivity contribution is 0.0324. The van der Waals surface area contributed by atoms with Gasteiger partial charge in [-0.15, -0.1) is 0 Å². The lowest BCUT2D eigenvalue weighted by atomic mass is 10.0. The Labute approximate surface area is 159 Å². The van der Waals surface area contributed by atoms with E-state index in [0.717, 1.165) is 63.5 Å². The standard InChI is InChI=1S/C21H37NO4/c1-5-13-24-15-12-22(4)11-6-7-14-25-20-16-21(26-17-23)19(3)10-8-9-18(20)2/h8,10,16,19,23H,5-7,9,11-15,17H2,1-4H3/b10-8?,20-18+,21-16+. The van der Waals surface area contributed by atoms with Gasteiger partial charge in [-0.1, -0.05) is 26.0 Å². The van der Waals surface area contributed by atoms with Gasteiger partial charge in [-0.05, 0) is 51.8 Å². The van der Waals surface area contributed by atoms with Crippen molar-refractivity contribution in [2.75, 3.05) is 46.8 Å². The molecule has 0 spiro atoms. The number of unbranched alkanes of at least 4 members (excludes halogenated alkanes) is 1.